The van der Waals surface area contributed by atoms with Crippen LogP contribution in [0.5, 0.6) is 0 Å². The quantitative estimate of drug-likeness (QED) is 0.677. The van der Waals surface area contributed by atoms with Gasteiger partial charge in [0.25, 0.3) is 0 Å². The smallest absolute Gasteiger partial charge is 0.137 e. The molecule has 2 atom stereocenters. The number of nitrogens with zero attached hydrogens (tertiary/aromatic N) is 3. The van der Waals surface area contributed by atoms with Crippen LogP contribution in [-0.4, -0.2) is 25.3 Å². The van der Waals surface area contributed by atoms with Gasteiger partial charge in [0.2, 0.25) is 0 Å². The highest BCUT2D eigenvalue weighted by Crippen LogP contribution is 2.39. The Morgan fingerprint density at radius 3 is 2.64 bits per heavy atom. The van der Waals surface area contributed by atoms with Crippen LogP contribution in [0, 0.1) is 11.6 Å². The van der Waals surface area contributed by atoms with Gasteiger partial charge in [0.1, 0.15) is 29.4 Å². The van der Waals surface area contributed by atoms with Crippen molar-refractivity contribution in [2.24, 2.45) is 0 Å². The van der Waals surface area contributed by atoms with Crippen LogP contribution in [0.3, 0.4) is 0 Å². The molecule has 0 radical (unpaired) electrons. The van der Waals surface area contributed by atoms with Crippen LogP contribution in [-0.2, 0) is 12.0 Å². The summed E-state index contributed by atoms with van der Waals surface area (Å²) in [5.74, 6) is -1.75. The zero-order valence-electron chi connectivity index (χ0n) is 13.2. The summed E-state index contributed by atoms with van der Waals surface area (Å²) in [6.07, 6.45) is 2.87. The highest BCUT2D eigenvalue weighted by Gasteiger charge is 2.40. The minimum Gasteiger partial charge on any atom is -0.384 e. The second-order valence-corrected chi connectivity index (χ2v) is 6.70. The van der Waals surface area contributed by atoms with Gasteiger partial charge in [0.15, 0.2) is 0 Å². The normalized spacial score (nSPS) is 14.9. The predicted molar refractivity (Wildman–Crippen MR) is 90.7 cm³/mol. The van der Waals surface area contributed by atoms with Gasteiger partial charge in [-0.05, 0) is 34.1 Å². The summed E-state index contributed by atoms with van der Waals surface area (Å²) in [6, 6.07) is 6.64. The molecule has 130 valence electrons. The molecule has 3 aromatic rings. The molecule has 0 saturated heterocycles. The van der Waals surface area contributed by atoms with Gasteiger partial charge in [-0.15, -0.1) is 0 Å². The number of aromatic amines is 1. The minimum atomic E-state index is -1.70. The Bertz CT molecular complexity index is 858. The number of H-pyrrole nitrogens is 1. The van der Waals surface area contributed by atoms with Gasteiger partial charge < -0.3 is 5.11 Å². The Hall–Kier alpha value is -2.19. The molecule has 2 heterocycles. The van der Waals surface area contributed by atoms with Crippen LogP contribution in [0.4, 0.5) is 8.78 Å². The zero-order valence-corrected chi connectivity index (χ0v) is 14.8. The lowest BCUT2D eigenvalue weighted by molar-refractivity contribution is 0.00620. The van der Waals surface area contributed by atoms with E-state index in [1.807, 2.05) is 0 Å². The molecule has 0 aliphatic heterocycles. The summed E-state index contributed by atoms with van der Waals surface area (Å²) >= 11 is 3.31. The third-order valence-corrected chi connectivity index (χ3v) is 4.68. The molecule has 25 heavy (non-hydrogen) atoms. The van der Waals surface area contributed by atoms with Gasteiger partial charge in [0, 0.05) is 40.3 Å². The molecule has 1 aromatic carbocycles. The van der Waals surface area contributed by atoms with Crippen molar-refractivity contribution in [3.8, 4) is 0 Å². The molecule has 0 spiro atoms. The van der Waals surface area contributed by atoms with Crippen molar-refractivity contribution in [3.05, 3.63) is 76.0 Å². The van der Waals surface area contributed by atoms with E-state index >= 15 is 0 Å². The van der Waals surface area contributed by atoms with E-state index in [9.17, 15) is 13.9 Å². The summed E-state index contributed by atoms with van der Waals surface area (Å²) in [7, 11) is 0. The van der Waals surface area contributed by atoms with Gasteiger partial charge in [-0.3, -0.25) is 10.1 Å². The summed E-state index contributed by atoms with van der Waals surface area (Å²) < 4.78 is 28.5. The van der Waals surface area contributed by atoms with Crippen LogP contribution < -0.4 is 0 Å². The average Bonchev–Trinajstić information content (AvgIpc) is 3.07. The Morgan fingerprint density at radius 1 is 1.24 bits per heavy atom. The molecule has 0 aliphatic carbocycles. The lowest BCUT2D eigenvalue weighted by atomic mass is 9.77. The van der Waals surface area contributed by atoms with E-state index in [2.05, 4.69) is 36.1 Å². The van der Waals surface area contributed by atoms with Gasteiger partial charge in [0.05, 0.1) is 0 Å². The highest BCUT2D eigenvalue weighted by molar-refractivity contribution is 9.10. The van der Waals surface area contributed by atoms with Crippen molar-refractivity contribution in [1.82, 2.24) is 20.2 Å². The topological polar surface area (TPSA) is 74.7 Å². The van der Waals surface area contributed by atoms with E-state index in [4.69, 9.17) is 0 Å². The predicted octanol–water partition coefficient (Wildman–Crippen LogP) is 3.47. The first kappa shape index (κ1) is 17.6. The van der Waals surface area contributed by atoms with Gasteiger partial charge in [-0.1, -0.05) is 13.0 Å². The Balaban J connectivity index is 2.09. The van der Waals surface area contributed by atoms with E-state index in [1.54, 1.807) is 25.3 Å². The van der Waals surface area contributed by atoms with E-state index in [0.717, 1.165) is 16.6 Å². The number of aliphatic hydroxyl groups is 1. The molecule has 0 bridgehead atoms. The van der Waals surface area contributed by atoms with Crippen molar-refractivity contribution in [1.29, 1.82) is 0 Å². The molecule has 0 amide bonds. The van der Waals surface area contributed by atoms with Crippen molar-refractivity contribution < 1.29 is 13.9 Å². The number of nitrogens with one attached hydrogen (secondary N) is 1. The first-order valence-electron chi connectivity index (χ1n) is 7.54. The highest BCUT2D eigenvalue weighted by atomic mass is 79.9. The number of halogens is 3. The SMILES string of the molecule is C[C@H](c1ccc(Br)cn1)[C@@](O)(Cc1ncn[nH]1)c1ccc(F)cc1F. The summed E-state index contributed by atoms with van der Waals surface area (Å²) in [5.41, 5.74) is -1.16. The fourth-order valence-corrected chi connectivity index (χ4v) is 3.02. The van der Waals surface area contributed by atoms with Gasteiger partial charge in [-0.2, -0.15) is 5.10 Å². The Morgan fingerprint density at radius 2 is 2.04 bits per heavy atom. The summed E-state index contributed by atoms with van der Waals surface area (Å²) in [6.45, 7) is 1.73. The molecule has 2 N–H and O–H groups in total. The number of hydrogen-bond acceptors (Lipinski definition) is 4. The van der Waals surface area contributed by atoms with E-state index in [1.165, 1.54) is 12.4 Å². The van der Waals surface area contributed by atoms with E-state index in [-0.39, 0.29) is 12.0 Å². The number of rotatable bonds is 5. The summed E-state index contributed by atoms with van der Waals surface area (Å²) in [5, 5.41) is 17.8. The monoisotopic (exact) mass is 408 g/mol. The maximum Gasteiger partial charge on any atom is 0.137 e. The van der Waals surface area contributed by atoms with Crippen molar-refractivity contribution in [2.75, 3.05) is 0 Å². The molecule has 8 heteroatoms. The zero-order chi connectivity index (χ0) is 18.0. The lowest BCUT2D eigenvalue weighted by Crippen LogP contribution is -2.36. The van der Waals surface area contributed by atoms with Gasteiger partial charge in [-0.25, -0.2) is 13.8 Å². The fraction of sp³-hybridized carbons (Fsp3) is 0.235. The molecule has 5 nitrogen and oxygen atoms in total. The molecular formula is C17H15BrF2N4O. The molecule has 3 rings (SSSR count). The lowest BCUT2D eigenvalue weighted by Gasteiger charge is -2.34. The van der Waals surface area contributed by atoms with Crippen LogP contribution in [0.1, 0.15) is 29.9 Å². The van der Waals surface area contributed by atoms with Crippen LogP contribution in [0.25, 0.3) is 0 Å². The van der Waals surface area contributed by atoms with Crippen molar-refractivity contribution >= 4 is 15.9 Å². The number of benzene rings is 1. The van der Waals surface area contributed by atoms with E-state index in [0.29, 0.717) is 11.5 Å². The maximum absolute atomic E-state index is 14.4. The molecular weight excluding hydrogens is 394 g/mol. The number of aromatic nitrogens is 4. The van der Waals surface area contributed by atoms with Crippen LogP contribution in [0.2, 0.25) is 0 Å². The molecule has 0 unspecified atom stereocenters. The molecule has 2 aromatic heterocycles. The standard InChI is InChI=1S/C17H15BrF2N4O/c1-10(15-5-2-11(18)8-21-15)17(25,7-16-22-9-23-24-16)13-4-3-12(19)6-14(13)20/h2-6,8-10,25H,7H2,1H3,(H,22,23,24)/t10-,17+/m1/s1. The molecule has 0 aliphatic rings. The van der Waals surface area contributed by atoms with E-state index < -0.39 is 23.2 Å². The fourth-order valence-electron chi connectivity index (χ4n) is 2.78. The first-order chi connectivity index (χ1) is 11.9. The second kappa shape index (κ2) is 6.97. The van der Waals surface area contributed by atoms with Crippen LogP contribution >= 0.6 is 15.9 Å². The third-order valence-electron chi connectivity index (χ3n) is 4.21. The molecule has 0 fully saturated rings. The van der Waals surface area contributed by atoms with Crippen molar-refractivity contribution in [3.63, 3.8) is 0 Å². The van der Waals surface area contributed by atoms with Gasteiger partial charge >= 0.3 is 0 Å². The number of pyridine rings is 1. The minimum absolute atomic E-state index is 0.0254. The first-order valence-corrected chi connectivity index (χ1v) is 8.33. The number of hydrogen-bond donors (Lipinski definition) is 2. The van der Waals surface area contributed by atoms with Crippen LogP contribution in [0.15, 0.2) is 47.3 Å². The molecule has 0 saturated carbocycles. The largest absolute Gasteiger partial charge is 0.384 e. The maximum atomic E-state index is 14.4. The Labute approximate surface area is 151 Å². The van der Waals surface area contributed by atoms with Crippen molar-refractivity contribution in [2.45, 2.75) is 24.9 Å². The third kappa shape index (κ3) is 3.59. The summed E-state index contributed by atoms with van der Waals surface area (Å²) in [4.78, 5) is 8.31. The Kier molecular flexibility index (Phi) is 4.91. The average molecular weight is 409 g/mol. The second-order valence-electron chi connectivity index (χ2n) is 5.78.